The normalized spacial score (nSPS) is 26.2. The van der Waals surface area contributed by atoms with Crippen LogP contribution in [-0.4, -0.2) is 42.1 Å². The van der Waals surface area contributed by atoms with E-state index in [9.17, 15) is 14.4 Å². The molecule has 0 saturated heterocycles. The molecule has 0 aliphatic heterocycles. The van der Waals surface area contributed by atoms with Gasteiger partial charge in [-0.25, -0.2) is 4.79 Å². The largest absolute Gasteiger partial charge is 0.481 e. The molecule has 0 radical (unpaired) electrons. The molecule has 7 nitrogen and oxygen atoms in total. The minimum Gasteiger partial charge on any atom is -0.481 e. The summed E-state index contributed by atoms with van der Waals surface area (Å²) in [6.45, 7) is 4.20. The molecule has 0 aromatic heterocycles. The maximum Gasteiger partial charge on any atom is 0.315 e. The molecule has 2 rings (SSSR count). The summed E-state index contributed by atoms with van der Waals surface area (Å²) >= 11 is 0. The molecule has 0 aromatic rings. The van der Waals surface area contributed by atoms with E-state index >= 15 is 0 Å². The predicted octanol–water partition coefficient (Wildman–Crippen LogP) is 1.09. The van der Waals surface area contributed by atoms with Crippen LogP contribution in [0.3, 0.4) is 0 Å². The molecule has 0 bridgehead atoms. The van der Waals surface area contributed by atoms with Crippen LogP contribution in [0.15, 0.2) is 0 Å². The maximum absolute atomic E-state index is 12.0. The van der Waals surface area contributed by atoms with Gasteiger partial charge in [-0.3, -0.25) is 9.59 Å². The van der Waals surface area contributed by atoms with Gasteiger partial charge in [0.25, 0.3) is 0 Å². The van der Waals surface area contributed by atoms with Crippen LogP contribution in [0.2, 0.25) is 0 Å². The van der Waals surface area contributed by atoms with Crippen molar-refractivity contribution in [2.24, 2.45) is 17.3 Å². The summed E-state index contributed by atoms with van der Waals surface area (Å²) in [7, 11) is 0. The lowest BCUT2D eigenvalue weighted by Crippen LogP contribution is -2.45. The zero-order valence-electron chi connectivity index (χ0n) is 13.9. The number of hydrogen-bond donors (Lipinski definition) is 4. The molecule has 2 atom stereocenters. The summed E-state index contributed by atoms with van der Waals surface area (Å²) in [6, 6.07) is 0.0447. The predicted molar refractivity (Wildman–Crippen MR) is 84.8 cm³/mol. The number of urea groups is 1. The highest BCUT2D eigenvalue weighted by Crippen LogP contribution is 2.58. The zero-order chi connectivity index (χ0) is 17.0. The Labute approximate surface area is 136 Å². The first-order chi connectivity index (χ1) is 10.8. The fourth-order valence-corrected chi connectivity index (χ4v) is 3.54. The standard InChI is InChI=1S/C16H27N3O4/c1-16(2)11(12(16)14(21)22)13(20)17-8-9-18-15(23)19-10-6-4-3-5-7-10/h10-12H,3-9H2,1-2H3,(H,17,20)(H,21,22)(H2,18,19,23)/t11-,12+/m1/s1. The monoisotopic (exact) mass is 325 g/mol. The van der Waals surface area contributed by atoms with Gasteiger partial charge in [0.15, 0.2) is 0 Å². The van der Waals surface area contributed by atoms with Crippen LogP contribution in [0.1, 0.15) is 46.0 Å². The summed E-state index contributed by atoms with van der Waals surface area (Å²) in [4.78, 5) is 34.8. The maximum atomic E-state index is 12.0. The Morgan fingerprint density at radius 1 is 1.00 bits per heavy atom. The van der Waals surface area contributed by atoms with Gasteiger partial charge in [-0.1, -0.05) is 33.1 Å². The van der Waals surface area contributed by atoms with Gasteiger partial charge in [-0.2, -0.15) is 0 Å². The number of amides is 3. The number of rotatable bonds is 6. The molecular formula is C16H27N3O4. The molecular weight excluding hydrogens is 298 g/mol. The summed E-state index contributed by atoms with van der Waals surface area (Å²) in [6.07, 6.45) is 5.60. The van der Waals surface area contributed by atoms with E-state index in [-0.39, 0.29) is 18.0 Å². The van der Waals surface area contributed by atoms with Crippen LogP contribution in [0.5, 0.6) is 0 Å². The number of carbonyl (C=O) groups excluding carboxylic acids is 2. The SMILES string of the molecule is CC1(C)[C@H](C(=O)O)[C@@H]1C(=O)NCCNC(=O)NC1CCCCC1. The van der Waals surface area contributed by atoms with E-state index < -0.39 is 23.2 Å². The molecule has 2 saturated carbocycles. The molecule has 2 aliphatic carbocycles. The fourth-order valence-electron chi connectivity index (χ4n) is 3.54. The Balaban J connectivity index is 1.61. The van der Waals surface area contributed by atoms with Crippen molar-refractivity contribution < 1.29 is 19.5 Å². The van der Waals surface area contributed by atoms with Crippen LogP contribution >= 0.6 is 0 Å². The number of carboxylic acids is 1. The Bertz CT molecular complexity index is 472. The van der Waals surface area contributed by atoms with Crippen LogP contribution in [-0.2, 0) is 9.59 Å². The van der Waals surface area contributed by atoms with E-state index in [1.54, 1.807) is 13.8 Å². The molecule has 0 heterocycles. The number of carbonyl (C=O) groups is 3. The van der Waals surface area contributed by atoms with Gasteiger partial charge in [0.05, 0.1) is 11.8 Å². The second-order valence-electron chi connectivity index (χ2n) is 7.14. The smallest absolute Gasteiger partial charge is 0.315 e. The number of carboxylic acid groups (broad SMARTS) is 1. The summed E-state index contributed by atoms with van der Waals surface area (Å²) in [5.41, 5.74) is -0.498. The van der Waals surface area contributed by atoms with E-state index in [4.69, 9.17) is 5.11 Å². The Morgan fingerprint density at radius 2 is 1.61 bits per heavy atom. The van der Waals surface area contributed by atoms with Gasteiger partial charge in [0.2, 0.25) is 5.91 Å². The molecule has 7 heteroatoms. The zero-order valence-corrected chi connectivity index (χ0v) is 13.9. The molecule has 0 spiro atoms. The van der Waals surface area contributed by atoms with E-state index in [2.05, 4.69) is 16.0 Å². The molecule has 130 valence electrons. The lowest BCUT2D eigenvalue weighted by atomic mass is 9.96. The van der Waals surface area contributed by atoms with Crippen molar-refractivity contribution in [3.05, 3.63) is 0 Å². The van der Waals surface area contributed by atoms with E-state index in [0.29, 0.717) is 13.1 Å². The van der Waals surface area contributed by atoms with Crippen LogP contribution in [0.25, 0.3) is 0 Å². The van der Waals surface area contributed by atoms with Crippen molar-refractivity contribution in [2.75, 3.05) is 13.1 Å². The van der Waals surface area contributed by atoms with Crippen LogP contribution in [0.4, 0.5) is 4.79 Å². The van der Waals surface area contributed by atoms with Crippen molar-refractivity contribution in [2.45, 2.75) is 52.0 Å². The molecule has 0 aromatic carbocycles. The third-order valence-electron chi connectivity index (χ3n) is 5.03. The third kappa shape index (κ3) is 4.36. The van der Waals surface area contributed by atoms with Crippen molar-refractivity contribution >= 4 is 17.9 Å². The van der Waals surface area contributed by atoms with Gasteiger partial charge in [0.1, 0.15) is 0 Å². The average Bonchev–Trinajstić information content (AvgIpc) is 3.07. The molecule has 4 N–H and O–H groups in total. The first-order valence-corrected chi connectivity index (χ1v) is 8.39. The molecule has 23 heavy (non-hydrogen) atoms. The Hall–Kier alpha value is -1.79. The minimum absolute atomic E-state index is 0.207. The highest BCUT2D eigenvalue weighted by molar-refractivity contribution is 5.91. The lowest BCUT2D eigenvalue weighted by Gasteiger charge is -2.22. The first kappa shape index (κ1) is 17.6. The Kier molecular flexibility index (Phi) is 5.49. The van der Waals surface area contributed by atoms with Gasteiger partial charge < -0.3 is 21.1 Å². The number of nitrogens with one attached hydrogen (secondary N) is 3. The quantitative estimate of drug-likeness (QED) is 0.548. The van der Waals surface area contributed by atoms with Gasteiger partial charge in [-0.15, -0.1) is 0 Å². The van der Waals surface area contributed by atoms with E-state index in [0.717, 1.165) is 25.7 Å². The Morgan fingerprint density at radius 3 is 2.17 bits per heavy atom. The van der Waals surface area contributed by atoms with Crippen molar-refractivity contribution in [1.82, 2.24) is 16.0 Å². The van der Waals surface area contributed by atoms with Crippen molar-refractivity contribution in [3.8, 4) is 0 Å². The van der Waals surface area contributed by atoms with Gasteiger partial charge in [0, 0.05) is 19.1 Å². The van der Waals surface area contributed by atoms with E-state index in [1.165, 1.54) is 6.42 Å². The van der Waals surface area contributed by atoms with Gasteiger partial charge in [-0.05, 0) is 18.3 Å². The van der Waals surface area contributed by atoms with Gasteiger partial charge >= 0.3 is 12.0 Å². The molecule has 0 unspecified atom stereocenters. The van der Waals surface area contributed by atoms with E-state index in [1.807, 2.05) is 0 Å². The first-order valence-electron chi connectivity index (χ1n) is 8.39. The number of aliphatic carboxylic acids is 1. The van der Waals surface area contributed by atoms with Crippen molar-refractivity contribution in [1.29, 1.82) is 0 Å². The summed E-state index contributed by atoms with van der Waals surface area (Å²) < 4.78 is 0. The minimum atomic E-state index is -0.930. The third-order valence-corrected chi connectivity index (χ3v) is 5.03. The average molecular weight is 325 g/mol. The lowest BCUT2D eigenvalue weighted by molar-refractivity contribution is -0.140. The highest BCUT2D eigenvalue weighted by Gasteiger charge is 2.65. The van der Waals surface area contributed by atoms with Crippen molar-refractivity contribution in [3.63, 3.8) is 0 Å². The molecule has 2 fully saturated rings. The second kappa shape index (κ2) is 7.19. The summed E-state index contributed by atoms with van der Waals surface area (Å²) in [5, 5.41) is 17.4. The van der Waals surface area contributed by atoms with Crippen LogP contribution in [0, 0.1) is 17.3 Å². The number of hydrogen-bond acceptors (Lipinski definition) is 3. The fraction of sp³-hybridized carbons (Fsp3) is 0.812. The second-order valence-corrected chi connectivity index (χ2v) is 7.14. The summed E-state index contributed by atoms with van der Waals surface area (Å²) in [5.74, 6) is -2.29. The molecule has 2 aliphatic rings. The van der Waals surface area contributed by atoms with Crippen LogP contribution < -0.4 is 16.0 Å². The molecule has 3 amide bonds. The topological polar surface area (TPSA) is 108 Å². The highest BCUT2D eigenvalue weighted by atomic mass is 16.4.